The van der Waals surface area contributed by atoms with E-state index < -0.39 is 0 Å². The quantitative estimate of drug-likeness (QED) is 0.545. The molecule has 0 aliphatic heterocycles. The van der Waals surface area contributed by atoms with Gasteiger partial charge in [0.25, 0.3) is 0 Å². The van der Waals surface area contributed by atoms with Crippen molar-refractivity contribution in [3.05, 3.63) is 71.3 Å². The Labute approximate surface area is 180 Å². The predicted molar refractivity (Wildman–Crippen MR) is 116 cm³/mol. The van der Waals surface area contributed by atoms with Crippen molar-refractivity contribution in [2.75, 3.05) is 13.7 Å². The van der Waals surface area contributed by atoms with Crippen LogP contribution >= 0.6 is 11.6 Å². The second-order valence-corrected chi connectivity index (χ2v) is 6.87. The maximum atomic E-state index is 12.4. The number of carbonyl (C=O) groups is 1. The number of benzene rings is 2. The molecule has 3 rings (SSSR count). The van der Waals surface area contributed by atoms with E-state index in [2.05, 4.69) is 15.4 Å². The highest BCUT2D eigenvalue weighted by atomic mass is 35.5. The zero-order valence-electron chi connectivity index (χ0n) is 17.0. The second-order valence-electron chi connectivity index (χ2n) is 6.46. The van der Waals surface area contributed by atoms with Crippen molar-refractivity contribution in [1.82, 2.24) is 20.1 Å². The van der Waals surface area contributed by atoms with Crippen molar-refractivity contribution in [1.29, 1.82) is 0 Å². The Kier molecular flexibility index (Phi) is 7.08. The van der Waals surface area contributed by atoms with E-state index in [1.165, 1.54) is 19.5 Å². The molecular weight excluding hydrogens is 404 g/mol. The molecule has 1 heterocycles. The monoisotopic (exact) mass is 426 g/mol. The Morgan fingerprint density at radius 1 is 1.30 bits per heavy atom. The molecule has 1 amide bonds. The molecule has 1 N–H and O–H groups in total. The third-order valence-electron chi connectivity index (χ3n) is 4.40. The van der Waals surface area contributed by atoms with Crippen molar-refractivity contribution < 1.29 is 14.3 Å². The van der Waals surface area contributed by atoms with Crippen LogP contribution in [0.5, 0.6) is 11.5 Å². The third-order valence-corrected chi connectivity index (χ3v) is 4.68. The van der Waals surface area contributed by atoms with Crippen molar-refractivity contribution in [3.8, 4) is 17.2 Å². The number of rotatable bonds is 8. The van der Waals surface area contributed by atoms with Gasteiger partial charge in [-0.15, -0.1) is 0 Å². The highest BCUT2D eigenvalue weighted by molar-refractivity contribution is 6.32. The summed E-state index contributed by atoms with van der Waals surface area (Å²) in [5.41, 5.74) is 2.62. The minimum absolute atomic E-state index is 0.162. The van der Waals surface area contributed by atoms with Crippen LogP contribution in [0.4, 0.5) is 0 Å². The lowest BCUT2D eigenvalue weighted by Crippen LogP contribution is -2.24. The van der Waals surface area contributed by atoms with Gasteiger partial charge in [0.05, 0.1) is 30.5 Å². The van der Waals surface area contributed by atoms with Gasteiger partial charge in [0.15, 0.2) is 11.5 Å². The van der Waals surface area contributed by atoms with Crippen LogP contribution in [0.1, 0.15) is 31.0 Å². The summed E-state index contributed by atoms with van der Waals surface area (Å²) in [6.07, 6.45) is 6.27. The summed E-state index contributed by atoms with van der Waals surface area (Å²) in [5.74, 6) is 0.796. The average molecular weight is 427 g/mol. The number of halogens is 1. The maximum absolute atomic E-state index is 12.4. The van der Waals surface area contributed by atoms with E-state index in [1.54, 1.807) is 29.2 Å². The first kappa shape index (κ1) is 21.4. The highest BCUT2D eigenvalue weighted by Crippen LogP contribution is 2.36. The zero-order chi connectivity index (χ0) is 21.5. The first-order chi connectivity index (χ1) is 14.5. The minimum atomic E-state index is -0.215. The molecule has 1 aromatic heterocycles. The molecule has 0 radical (unpaired) electrons. The smallest absolute Gasteiger partial charge is 0.244 e. The van der Waals surface area contributed by atoms with Gasteiger partial charge in [-0.2, -0.15) is 5.10 Å². The van der Waals surface area contributed by atoms with E-state index in [4.69, 9.17) is 21.1 Å². The summed E-state index contributed by atoms with van der Waals surface area (Å²) in [6.45, 7) is 4.28. The molecule has 3 aromatic rings. The Hall–Kier alpha value is -3.32. The number of ether oxygens (including phenoxy) is 2. The van der Waals surface area contributed by atoms with Crippen LogP contribution in [0, 0.1) is 0 Å². The molecule has 0 aliphatic carbocycles. The summed E-state index contributed by atoms with van der Waals surface area (Å²) in [4.78, 5) is 16.3. The fourth-order valence-electron chi connectivity index (χ4n) is 2.92. The molecule has 0 aliphatic rings. The lowest BCUT2D eigenvalue weighted by atomic mass is 10.1. The lowest BCUT2D eigenvalue weighted by molar-refractivity contribution is -0.117. The fraction of sp³-hybridized carbons (Fsp3) is 0.227. The molecule has 1 atom stereocenters. The molecule has 2 aromatic carbocycles. The zero-order valence-corrected chi connectivity index (χ0v) is 17.8. The number of amides is 1. The van der Waals surface area contributed by atoms with Crippen LogP contribution in [0.15, 0.2) is 55.1 Å². The van der Waals surface area contributed by atoms with Crippen LogP contribution in [0.2, 0.25) is 5.02 Å². The molecule has 0 bridgehead atoms. The molecule has 0 spiro atoms. The Morgan fingerprint density at radius 3 is 2.70 bits per heavy atom. The van der Waals surface area contributed by atoms with E-state index in [0.29, 0.717) is 23.1 Å². The van der Waals surface area contributed by atoms with E-state index in [1.807, 2.05) is 38.1 Å². The number of hydrogen-bond acceptors (Lipinski definition) is 5. The largest absolute Gasteiger partial charge is 0.491 e. The standard InChI is InChI=1S/C22H23ClN4O3/c1-4-30-20-12-16(11-19(23)22(20)29-3)5-10-21(28)26-15(2)17-6-8-18(9-7-17)27-14-24-13-25-27/h5-15H,4H2,1-3H3,(H,26,28)/b10-5+. The number of hydrogen-bond donors (Lipinski definition) is 1. The van der Waals surface area contributed by atoms with Gasteiger partial charge in [0, 0.05) is 6.08 Å². The van der Waals surface area contributed by atoms with E-state index in [-0.39, 0.29) is 11.9 Å². The van der Waals surface area contributed by atoms with Crippen molar-refractivity contribution in [3.63, 3.8) is 0 Å². The normalized spacial score (nSPS) is 12.0. The predicted octanol–water partition coefficient (Wildman–Crippen LogP) is 4.22. The summed E-state index contributed by atoms with van der Waals surface area (Å²) in [6, 6.07) is 11.1. The maximum Gasteiger partial charge on any atom is 0.244 e. The molecule has 0 saturated heterocycles. The van der Waals surface area contributed by atoms with Crippen LogP contribution < -0.4 is 14.8 Å². The topological polar surface area (TPSA) is 78.3 Å². The highest BCUT2D eigenvalue weighted by Gasteiger charge is 2.11. The molecule has 7 nitrogen and oxygen atoms in total. The molecule has 156 valence electrons. The third kappa shape index (κ3) is 5.18. The van der Waals surface area contributed by atoms with Crippen LogP contribution in [-0.2, 0) is 4.79 Å². The van der Waals surface area contributed by atoms with Gasteiger partial charge in [0.1, 0.15) is 12.7 Å². The molecule has 30 heavy (non-hydrogen) atoms. The molecule has 1 unspecified atom stereocenters. The van der Waals surface area contributed by atoms with Gasteiger partial charge in [-0.05, 0) is 55.3 Å². The summed E-state index contributed by atoms with van der Waals surface area (Å²) >= 11 is 6.25. The first-order valence-electron chi connectivity index (χ1n) is 9.45. The number of methoxy groups -OCH3 is 1. The Bertz CT molecular complexity index is 1020. The van der Waals surface area contributed by atoms with Gasteiger partial charge >= 0.3 is 0 Å². The minimum Gasteiger partial charge on any atom is -0.491 e. The average Bonchev–Trinajstić information content (AvgIpc) is 3.27. The van der Waals surface area contributed by atoms with Crippen LogP contribution in [0.25, 0.3) is 11.8 Å². The molecule has 0 fully saturated rings. The Morgan fingerprint density at radius 2 is 2.07 bits per heavy atom. The van der Waals surface area contributed by atoms with Crippen molar-refractivity contribution >= 4 is 23.6 Å². The number of aromatic nitrogens is 3. The van der Waals surface area contributed by atoms with Gasteiger partial charge < -0.3 is 14.8 Å². The van der Waals surface area contributed by atoms with Gasteiger partial charge in [-0.1, -0.05) is 23.7 Å². The lowest BCUT2D eigenvalue weighted by Gasteiger charge is -2.14. The SMILES string of the molecule is CCOc1cc(/C=C/C(=O)NC(C)c2ccc(-n3cncn3)cc2)cc(Cl)c1OC. The van der Waals surface area contributed by atoms with Crippen molar-refractivity contribution in [2.45, 2.75) is 19.9 Å². The number of nitrogens with zero attached hydrogens (tertiary/aromatic N) is 3. The first-order valence-corrected chi connectivity index (χ1v) is 9.83. The second kappa shape index (κ2) is 9.93. The van der Waals surface area contributed by atoms with Gasteiger partial charge in [0.2, 0.25) is 5.91 Å². The van der Waals surface area contributed by atoms with Gasteiger partial charge in [-0.3, -0.25) is 4.79 Å². The van der Waals surface area contributed by atoms with Crippen molar-refractivity contribution in [2.24, 2.45) is 0 Å². The number of nitrogens with one attached hydrogen (secondary N) is 1. The molecular formula is C22H23ClN4O3. The molecule has 0 saturated carbocycles. The van der Waals surface area contributed by atoms with E-state index in [0.717, 1.165) is 16.8 Å². The van der Waals surface area contributed by atoms with E-state index >= 15 is 0 Å². The summed E-state index contributed by atoms with van der Waals surface area (Å²) < 4.78 is 12.5. The number of carbonyl (C=O) groups excluding carboxylic acids is 1. The van der Waals surface area contributed by atoms with Crippen LogP contribution in [0.3, 0.4) is 0 Å². The Balaban J connectivity index is 1.65. The fourth-order valence-corrected chi connectivity index (χ4v) is 3.22. The van der Waals surface area contributed by atoms with Crippen LogP contribution in [-0.4, -0.2) is 34.4 Å². The molecule has 8 heteroatoms. The van der Waals surface area contributed by atoms with E-state index in [9.17, 15) is 4.79 Å². The summed E-state index contributed by atoms with van der Waals surface area (Å²) in [5, 5.41) is 7.47. The summed E-state index contributed by atoms with van der Waals surface area (Å²) in [7, 11) is 1.53. The van der Waals surface area contributed by atoms with Gasteiger partial charge in [-0.25, -0.2) is 9.67 Å².